The van der Waals surface area contributed by atoms with Gasteiger partial charge in [-0.05, 0) is 44.2 Å². The number of hydrogen-bond donors (Lipinski definition) is 1. The van der Waals surface area contributed by atoms with Crippen LogP contribution in [0.5, 0.6) is 5.75 Å². The maximum Gasteiger partial charge on any atom is 0.119 e. The lowest BCUT2D eigenvalue weighted by atomic mass is 10.1. The molecule has 2 aromatic rings. The van der Waals surface area contributed by atoms with Crippen molar-refractivity contribution in [2.45, 2.75) is 26.5 Å². The zero-order chi connectivity index (χ0) is 15.2. The number of thiazole rings is 1. The molecule has 2 rings (SSSR count). The summed E-state index contributed by atoms with van der Waals surface area (Å²) < 4.78 is 5.68. The molecule has 0 spiro atoms. The summed E-state index contributed by atoms with van der Waals surface area (Å²) in [6.45, 7) is 5.68. The maximum atomic E-state index is 10.1. The van der Waals surface area contributed by atoms with Crippen LogP contribution >= 0.6 is 11.3 Å². The fourth-order valence-electron chi connectivity index (χ4n) is 2.25. The predicted molar refractivity (Wildman–Crippen MR) is 85.9 cm³/mol. The smallest absolute Gasteiger partial charge is 0.119 e. The maximum absolute atomic E-state index is 10.1. The molecule has 1 heterocycles. The molecule has 0 amide bonds. The number of rotatable bonds is 7. The van der Waals surface area contributed by atoms with Gasteiger partial charge in [0.2, 0.25) is 0 Å². The van der Waals surface area contributed by atoms with Crippen LogP contribution in [0.2, 0.25) is 0 Å². The molecule has 1 aromatic heterocycles. The van der Waals surface area contributed by atoms with Crippen LogP contribution in [-0.4, -0.2) is 41.3 Å². The fraction of sp³-hybridized carbons (Fsp3) is 0.438. The van der Waals surface area contributed by atoms with Crippen LogP contribution in [0.1, 0.15) is 16.1 Å². The van der Waals surface area contributed by atoms with E-state index in [1.54, 1.807) is 17.5 Å². The highest BCUT2D eigenvalue weighted by Crippen LogP contribution is 2.16. The van der Waals surface area contributed by atoms with Gasteiger partial charge in [-0.25, -0.2) is 4.98 Å². The van der Waals surface area contributed by atoms with Gasteiger partial charge in [0.05, 0.1) is 6.54 Å². The molecule has 1 unspecified atom stereocenters. The average Bonchev–Trinajstić information content (AvgIpc) is 2.88. The number of aliphatic hydroxyl groups is 1. The van der Waals surface area contributed by atoms with E-state index in [1.807, 2.05) is 43.3 Å². The second-order valence-electron chi connectivity index (χ2n) is 5.41. The first-order valence-electron chi connectivity index (χ1n) is 6.99. The Kier molecular flexibility index (Phi) is 5.73. The van der Waals surface area contributed by atoms with Crippen LogP contribution < -0.4 is 4.74 Å². The number of ether oxygens (including phenoxy) is 1. The number of aryl methyl sites for hydroxylation is 2. The van der Waals surface area contributed by atoms with Crippen molar-refractivity contribution in [2.24, 2.45) is 0 Å². The molecular weight excluding hydrogens is 284 g/mol. The van der Waals surface area contributed by atoms with Gasteiger partial charge in [-0.1, -0.05) is 6.07 Å². The van der Waals surface area contributed by atoms with Gasteiger partial charge in [0, 0.05) is 18.1 Å². The van der Waals surface area contributed by atoms with Gasteiger partial charge >= 0.3 is 0 Å². The van der Waals surface area contributed by atoms with Crippen LogP contribution in [0.3, 0.4) is 0 Å². The Labute approximate surface area is 130 Å². The number of benzene rings is 1. The summed E-state index contributed by atoms with van der Waals surface area (Å²) in [6.07, 6.45) is 1.28. The van der Waals surface area contributed by atoms with E-state index in [4.69, 9.17) is 4.74 Å². The van der Waals surface area contributed by atoms with Crippen LogP contribution in [0.25, 0.3) is 0 Å². The third kappa shape index (κ3) is 5.46. The van der Waals surface area contributed by atoms with Crippen molar-refractivity contribution in [3.8, 4) is 5.75 Å². The van der Waals surface area contributed by atoms with Gasteiger partial charge in [0.15, 0.2) is 0 Å². The first-order chi connectivity index (χ1) is 10.0. The van der Waals surface area contributed by atoms with Crippen molar-refractivity contribution in [1.29, 1.82) is 0 Å². The van der Waals surface area contributed by atoms with Gasteiger partial charge in [-0.3, -0.25) is 4.90 Å². The average molecular weight is 306 g/mol. The quantitative estimate of drug-likeness (QED) is 0.854. The predicted octanol–water partition coefficient (Wildman–Crippen LogP) is 2.63. The topological polar surface area (TPSA) is 45.6 Å². The van der Waals surface area contributed by atoms with Crippen molar-refractivity contribution >= 4 is 11.3 Å². The molecule has 0 bridgehead atoms. The molecule has 0 saturated carbocycles. The number of hydrogen-bond acceptors (Lipinski definition) is 5. The van der Waals surface area contributed by atoms with E-state index in [0.717, 1.165) is 17.3 Å². The van der Waals surface area contributed by atoms with Gasteiger partial charge < -0.3 is 9.84 Å². The van der Waals surface area contributed by atoms with Crippen LogP contribution in [0, 0.1) is 13.8 Å². The molecule has 0 fully saturated rings. The monoisotopic (exact) mass is 306 g/mol. The molecule has 0 aliphatic carbocycles. The fourth-order valence-corrected chi connectivity index (χ4v) is 2.94. The molecule has 0 saturated heterocycles. The van der Waals surface area contributed by atoms with E-state index in [0.29, 0.717) is 13.2 Å². The second kappa shape index (κ2) is 7.54. The third-order valence-electron chi connectivity index (χ3n) is 3.05. The van der Waals surface area contributed by atoms with E-state index in [1.165, 1.54) is 11.1 Å². The van der Waals surface area contributed by atoms with Crippen LogP contribution in [-0.2, 0) is 6.54 Å². The van der Waals surface area contributed by atoms with E-state index >= 15 is 0 Å². The number of likely N-dealkylation sites (N-methyl/N-ethyl adjacent to an activating group) is 1. The Morgan fingerprint density at radius 3 is 2.62 bits per heavy atom. The van der Waals surface area contributed by atoms with E-state index in [-0.39, 0.29) is 0 Å². The summed E-state index contributed by atoms with van der Waals surface area (Å²) in [5, 5.41) is 13.1. The summed E-state index contributed by atoms with van der Waals surface area (Å²) >= 11 is 1.63. The third-order valence-corrected chi connectivity index (χ3v) is 3.81. The lowest BCUT2D eigenvalue weighted by Gasteiger charge is -2.20. The molecule has 21 heavy (non-hydrogen) atoms. The summed E-state index contributed by atoms with van der Waals surface area (Å²) in [4.78, 5) is 6.29. The minimum absolute atomic E-state index is 0.297. The Hall–Kier alpha value is -1.43. The minimum atomic E-state index is -0.518. The minimum Gasteiger partial charge on any atom is -0.491 e. The number of nitrogens with zero attached hydrogens (tertiary/aromatic N) is 2. The SMILES string of the molecule is Cc1cc(C)cc(OCC(O)CN(C)Cc2nccs2)c1. The van der Waals surface area contributed by atoms with Crippen LogP contribution in [0.4, 0.5) is 0 Å². The Balaban J connectivity index is 1.77. The molecular formula is C16H22N2O2S. The van der Waals surface area contributed by atoms with Gasteiger partial charge in [-0.2, -0.15) is 0 Å². The molecule has 0 radical (unpaired) electrons. The van der Waals surface area contributed by atoms with E-state index < -0.39 is 6.10 Å². The number of aromatic nitrogens is 1. The largest absolute Gasteiger partial charge is 0.491 e. The van der Waals surface area contributed by atoms with Gasteiger partial charge in [0.25, 0.3) is 0 Å². The van der Waals surface area contributed by atoms with Crippen molar-refractivity contribution in [2.75, 3.05) is 20.2 Å². The van der Waals surface area contributed by atoms with Crippen molar-refractivity contribution in [3.05, 3.63) is 45.9 Å². The van der Waals surface area contributed by atoms with Crippen LogP contribution in [0.15, 0.2) is 29.8 Å². The Bertz CT molecular complexity index is 537. The molecule has 1 atom stereocenters. The summed E-state index contributed by atoms with van der Waals surface area (Å²) in [7, 11) is 1.97. The molecule has 114 valence electrons. The Morgan fingerprint density at radius 2 is 2.00 bits per heavy atom. The zero-order valence-electron chi connectivity index (χ0n) is 12.7. The lowest BCUT2D eigenvalue weighted by Crippen LogP contribution is -2.32. The van der Waals surface area contributed by atoms with E-state index in [2.05, 4.69) is 11.1 Å². The highest BCUT2D eigenvalue weighted by Gasteiger charge is 2.11. The van der Waals surface area contributed by atoms with Crippen molar-refractivity contribution in [1.82, 2.24) is 9.88 Å². The number of aliphatic hydroxyl groups excluding tert-OH is 1. The lowest BCUT2D eigenvalue weighted by molar-refractivity contribution is 0.0743. The highest BCUT2D eigenvalue weighted by molar-refractivity contribution is 7.09. The van der Waals surface area contributed by atoms with E-state index in [9.17, 15) is 5.11 Å². The van der Waals surface area contributed by atoms with Gasteiger partial charge in [0.1, 0.15) is 23.5 Å². The first-order valence-corrected chi connectivity index (χ1v) is 7.87. The zero-order valence-corrected chi connectivity index (χ0v) is 13.6. The standard InChI is InChI=1S/C16H22N2O2S/c1-12-6-13(2)8-15(7-12)20-11-14(19)9-18(3)10-16-17-4-5-21-16/h4-8,14,19H,9-11H2,1-3H3. The molecule has 0 aliphatic heterocycles. The summed E-state index contributed by atoms with van der Waals surface area (Å²) in [5.74, 6) is 0.814. The molecule has 1 N–H and O–H groups in total. The normalized spacial score (nSPS) is 12.6. The summed E-state index contributed by atoms with van der Waals surface area (Å²) in [6, 6.07) is 6.07. The first kappa shape index (κ1) is 15.9. The van der Waals surface area contributed by atoms with Crippen molar-refractivity contribution in [3.63, 3.8) is 0 Å². The summed E-state index contributed by atoms with van der Waals surface area (Å²) in [5.41, 5.74) is 2.33. The van der Waals surface area contributed by atoms with Crippen molar-refractivity contribution < 1.29 is 9.84 Å². The highest BCUT2D eigenvalue weighted by atomic mass is 32.1. The Morgan fingerprint density at radius 1 is 1.29 bits per heavy atom. The molecule has 0 aliphatic rings. The second-order valence-corrected chi connectivity index (χ2v) is 6.39. The molecule has 4 nitrogen and oxygen atoms in total. The van der Waals surface area contributed by atoms with Gasteiger partial charge in [-0.15, -0.1) is 11.3 Å². The molecule has 1 aromatic carbocycles. The molecule has 5 heteroatoms.